The minimum absolute atomic E-state index is 0.0112. The Morgan fingerprint density at radius 2 is 2.18 bits per heavy atom. The molecule has 0 aliphatic heterocycles. The van der Waals surface area contributed by atoms with Crippen molar-refractivity contribution in [3.8, 4) is 0 Å². The molecule has 0 aromatic heterocycles. The average Bonchev–Trinajstić information content (AvgIpc) is 2.15. The van der Waals surface area contributed by atoms with Crippen molar-refractivity contribution in [3.05, 3.63) is 34.6 Å². The summed E-state index contributed by atoms with van der Waals surface area (Å²) in [6, 6.07) is 4.02. The summed E-state index contributed by atoms with van der Waals surface area (Å²) in [6.45, 7) is 3.78. The van der Waals surface area contributed by atoms with Crippen LogP contribution in [0.2, 0.25) is 5.02 Å². The van der Waals surface area contributed by atoms with Crippen LogP contribution in [-0.4, -0.2) is 16.8 Å². The van der Waals surface area contributed by atoms with E-state index < -0.39 is 11.7 Å². The summed E-state index contributed by atoms with van der Waals surface area (Å²) < 4.78 is 13.5. The molecule has 0 spiro atoms. The minimum Gasteiger partial charge on any atom is -0.347 e. The van der Waals surface area contributed by atoms with Gasteiger partial charge in [0.15, 0.2) is 0 Å². The number of alkyl halides is 1. The lowest BCUT2D eigenvalue weighted by molar-refractivity contribution is 0.0908. The first kappa shape index (κ1) is 14.5. The molecule has 0 atom stereocenters. The molecule has 0 aliphatic rings. The molecule has 0 bridgehead atoms. The number of halogens is 3. The standard InChI is InChI=1S/C12H14BrClFNO/c1-12(2,5-6-13)16-11(17)9-4-3-8(14)7-10(9)15/h3-4,7H,5-6H2,1-2H3,(H,16,17). The lowest BCUT2D eigenvalue weighted by Crippen LogP contribution is -2.43. The van der Waals surface area contributed by atoms with Crippen molar-refractivity contribution in [2.45, 2.75) is 25.8 Å². The normalized spacial score (nSPS) is 11.4. The first-order chi connectivity index (χ1) is 7.85. The zero-order valence-electron chi connectivity index (χ0n) is 9.69. The number of amides is 1. The fourth-order valence-electron chi connectivity index (χ4n) is 1.35. The fourth-order valence-corrected chi connectivity index (χ4v) is 2.50. The number of rotatable bonds is 4. The first-order valence-electron chi connectivity index (χ1n) is 5.19. The average molecular weight is 323 g/mol. The number of nitrogens with one attached hydrogen (secondary N) is 1. The monoisotopic (exact) mass is 321 g/mol. The predicted molar refractivity (Wildman–Crippen MR) is 71.4 cm³/mol. The third-order valence-corrected chi connectivity index (χ3v) is 2.98. The predicted octanol–water partition coefficient (Wildman–Crippen LogP) is 3.77. The maximum Gasteiger partial charge on any atom is 0.254 e. The Morgan fingerprint density at radius 3 is 2.71 bits per heavy atom. The molecule has 94 valence electrons. The molecule has 0 unspecified atom stereocenters. The Morgan fingerprint density at radius 1 is 1.53 bits per heavy atom. The van der Waals surface area contributed by atoms with Gasteiger partial charge >= 0.3 is 0 Å². The Hall–Kier alpha value is -0.610. The molecule has 0 radical (unpaired) electrons. The summed E-state index contributed by atoms with van der Waals surface area (Å²) >= 11 is 8.94. The van der Waals surface area contributed by atoms with Gasteiger partial charge in [0.2, 0.25) is 0 Å². The number of benzene rings is 1. The molecule has 0 saturated heterocycles. The van der Waals surface area contributed by atoms with Crippen molar-refractivity contribution in [2.24, 2.45) is 0 Å². The highest BCUT2D eigenvalue weighted by Gasteiger charge is 2.22. The number of carbonyl (C=O) groups excluding carboxylic acids is 1. The summed E-state index contributed by atoms with van der Waals surface area (Å²) in [5, 5.41) is 3.83. The summed E-state index contributed by atoms with van der Waals surface area (Å²) in [5.41, 5.74) is -0.371. The second-order valence-electron chi connectivity index (χ2n) is 4.40. The van der Waals surface area contributed by atoms with Gasteiger partial charge in [-0.3, -0.25) is 4.79 Å². The van der Waals surface area contributed by atoms with E-state index >= 15 is 0 Å². The van der Waals surface area contributed by atoms with Crippen LogP contribution in [0.25, 0.3) is 0 Å². The summed E-state index contributed by atoms with van der Waals surface area (Å²) in [5.74, 6) is -1.03. The highest BCUT2D eigenvalue weighted by molar-refractivity contribution is 9.09. The first-order valence-corrected chi connectivity index (χ1v) is 6.69. The summed E-state index contributed by atoms with van der Waals surface area (Å²) in [4.78, 5) is 11.9. The van der Waals surface area contributed by atoms with Crippen LogP contribution in [0.15, 0.2) is 18.2 Å². The van der Waals surface area contributed by atoms with Gasteiger partial charge in [-0.25, -0.2) is 4.39 Å². The van der Waals surface area contributed by atoms with Crippen LogP contribution in [0, 0.1) is 5.82 Å². The van der Waals surface area contributed by atoms with Crippen LogP contribution in [0.5, 0.6) is 0 Å². The van der Waals surface area contributed by atoms with Crippen molar-refractivity contribution in [1.29, 1.82) is 0 Å². The van der Waals surface area contributed by atoms with E-state index in [0.29, 0.717) is 0 Å². The van der Waals surface area contributed by atoms with E-state index in [1.807, 2.05) is 13.8 Å². The molecule has 1 N–H and O–H groups in total. The molecule has 1 amide bonds. The van der Waals surface area contributed by atoms with Crippen LogP contribution >= 0.6 is 27.5 Å². The largest absolute Gasteiger partial charge is 0.347 e. The van der Waals surface area contributed by atoms with Crippen LogP contribution < -0.4 is 5.32 Å². The van der Waals surface area contributed by atoms with Crippen molar-refractivity contribution < 1.29 is 9.18 Å². The van der Waals surface area contributed by atoms with E-state index in [-0.39, 0.29) is 16.1 Å². The van der Waals surface area contributed by atoms with Gasteiger partial charge in [0, 0.05) is 15.9 Å². The van der Waals surface area contributed by atoms with E-state index in [0.717, 1.165) is 17.8 Å². The van der Waals surface area contributed by atoms with Gasteiger partial charge in [-0.15, -0.1) is 0 Å². The third kappa shape index (κ3) is 4.28. The number of carbonyl (C=O) groups is 1. The lowest BCUT2D eigenvalue weighted by Gasteiger charge is -2.25. The molecule has 0 heterocycles. The molecule has 0 aliphatic carbocycles. The van der Waals surface area contributed by atoms with Crippen molar-refractivity contribution in [2.75, 3.05) is 5.33 Å². The van der Waals surface area contributed by atoms with Gasteiger partial charge in [-0.05, 0) is 38.5 Å². The second kappa shape index (κ2) is 5.83. The highest BCUT2D eigenvalue weighted by Crippen LogP contribution is 2.16. The topological polar surface area (TPSA) is 29.1 Å². The molecule has 1 aromatic carbocycles. The van der Waals surface area contributed by atoms with Crippen molar-refractivity contribution in [1.82, 2.24) is 5.32 Å². The van der Waals surface area contributed by atoms with Gasteiger partial charge in [0.1, 0.15) is 5.82 Å². The highest BCUT2D eigenvalue weighted by atomic mass is 79.9. The van der Waals surface area contributed by atoms with Gasteiger partial charge in [-0.2, -0.15) is 0 Å². The SMILES string of the molecule is CC(C)(CCBr)NC(=O)c1ccc(Cl)cc1F. The van der Waals surface area contributed by atoms with E-state index in [1.165, 1.54) is 12.1 Å². The third-order valence-electron chi connectivity index (χ3n) is 2.35. The van der Waals surface area contributed by atoms with E-state index in [1.54, 1.807) is 0 Å². The van der Waals surface area contributed by atoms with E-state index in [9.17, 15) is 9.18 Å². The van der Waals surface area contributed by atoms with Crippen molar-refractivity contribution in [3.63, 3.8) is 0 Å². The van der Waals surface area contributed by atoms with Gasteiger partial charge < -0.3 is 5.32 Å². The smallest absolute Gasteiger partial charge is 0.254 e. The van der Waals surface area contributed by atoms with E-state index in [2.05, 4.69) is 21.2 Å². The van der Waals surface area contributed by atoms with Gasteiger partial charge in [0.25, 0.3) is 5.91 Å². The minimum atomic E-state index is -0.607. The van der Waals surface area contributed by atoms with Gasteiger partial charge in [-0.1, -0.05) is 27.5 Å². The maximum absolute atomic E-state index is 13.5. The Bertz CT molecular complexity index is 423. The van der Waals surface area contributed by atoms with Crippen molar-refractivity contribution >= 4 is 33.4 Å². The molecule has 1 rings (SSSR count). The van der Waals surface area contributed by atoms with Crippen LogP contribution in [0.3, 0.4) is 0 Å². The molecule has 5 heteroatoms. The fraction of sp³-hybridized carbons (Fsp3) is 0.417. The Labute approximate surface area is 114 Å². The van der Waals surface area contributed by atoms with Crippen LogP contribution in [0.1, 0.15) is 30.6 Å². The molecule has 0 saturated carbocycles. The quantitative estimate of drug-likeness (QED) is 0.840. The molecular weight excluding hydrogens is 308 g/mol. The lowest BCUT2D eigenvalue weighted by atomic mass is 10.0. The van der Waals surface area contributed by atoms with Gasteiger partial charge in [0.05, 0.1) is 5.56 Å². The molecule has 17 heavy (non-hydrogen) atoms. The number of hydrogen-bond donors (Lipinski definition) is 1. The molecule has 2 nitrogen and oxygen atoms in total. The number of hydrogen-bond acceptors (Lipinski definition) is 1. The zero-order chi connectivity index (χ0) is 13.1. The van der Waals surface area contributed by atoms with Crippen LogP contribution in [0.4, 0.5) is 4.39 Å². The zero-order valence-corrected chi connectivity index (χ0v) is 12.0. The Kier molecular flexibility index (Phi) is 4.95. The van der Waals surface area contributed by atoms with Crippen LogP contribution in [-0.2, 0) is 0 Å². The second-order valence-corrected chi connectivity index (χ2v) is 5.63. The summed E-state index contributed by atoms with van der Waals surface area (Å²) in [6.07, 6.45) is 0.758. The maximum atomic E-state index is 13.5. The van der Waals surface area contributed by atoms with E-state index in [4.69, 9.17) is 11.6 Å². The summed E-state index contributed by atoms with van der Waals surface area (Å²) in [7, 11) is 0. The Balaban J connectivity index is 2.83. The molecular formula is C12H14BrClFNO. The molecule has 0 fully saturated rings. The molecule has 1 aromatic rings.